The topological polar surface area (TPSA) is 149 Å². The summed E-state index contributed by atoms with van der Waals surface area (Å²) in [6, 6.07) is -0.938. The molecule has 0 amide bonds. The van der Waals surface area contributed by atoms with Crippen molar-refractivity contribution < 1.29 is 33.9 Å². The molecule has 1 aromatic rings. The van der Waals surface area contributed by atoms with E-state index in [0.29, 0.717) is 5.69 Å². The Morgan fingerprint density at radius 3 is 2.68 bits per heavy atom. The summed E-state index contributed by atoms with van der Waals surface area (Å²) in [7, 11) is -4.67. The van der Waals surface area contributed by atoms with Gasteiger partial charge in [-0.05, 0) is 6.92 Å². The lowest BCUT2D eigenvalue weighted by Gasteiger charge is -2.16. The minimum atomic E-state index is -4.67. The first kappa shape index (κ1) is 18.9. The Morgan fingerprint density at radius 1 is 1.55 bits per heavy atom. The van der Waals surface area contributed by atoms with E-state index in [2.05, 4.69) is 27.5 Å². The number of carbonyl (C=O) groups is 1. The number of carboxylic acids is 1. The summed E-state index contributed by atoms with van der Waals surface area (Å²) in [4.78, 5) is 32.3. The Hall–Kier alpha value is -1.16. The van der Waals surface area contributed by atoms with E-state index >= 15 is 0 Å². The van der Waals surface area contributed by atoms with E-state index in [-0.39, 0.29) is 29.2 Å². The minimum absolute atomic E-state index is 0.0362. The molecule has 0 saturated carbocycles. The van der Waals surface area contributed by atoms with E-state index in [1.165, 1.54) is 6.20 Å². The predicted octanol–water partition coefficient (Wildman–Crippen LogP) is 0.178. The summed E-state index contributed by atoms with van der Waals surface area (Å²) in [5.74, 6) is -1.26. The number of carboxylic acid groups (broad SMARTS) is 1. The third-order valence-corrected chi connectivity index (χ3v) is 3.65. The number of aromatic nitrogens is 1. The van der Waals surface area contributed by atoms with Crippen LogP contribution in [0.2, 0.25) is 0 Å². The van der Waals surface area contributed by atoms with Gasteiger partial charge in [0.25, 0.3) is 0 Å². The van der Waals surface area contributed by atoms with E-state index in [9.17, 15) is 14.5 Å². The second-order valence-electron chi connectivity index (χ2n) is 4.41. The number of aliphatic carboxylic acids is 1. The second kappa shape index (κ2) is 7.91. The number of rotatable bonds is 8. The maximum absolute atomic E-state index is 10.9. The van der Waals surface area contributed by atoms with Crippen LogP contribution in [0.1, 0.15) is 16.8 Å². The van der Waals surface area contributed by atoms with Crippen LogP contribution >= 0.6 is 20.5 Å². The van der Waals surface area contributed by atoms with Crippen molar-refractivity contribution in [3.63, 3.8) is 0 Å². The number of pyridine rings is 1. The summed E-state index contributed by atoms with van der Waals surface area (Å²) < 4.78 is 15.1. The minimum Gasteiger partial charge on any atom is -0.506 e. The van der Waals surface area contributed by atoms with E-state index in [0.717, 1.165) is 0 Å². The lowest BCUT2D eigenvalue weighted by molar-refractivity contribution is -0.138. The first-order valence-corrected chi connectivity index (χ1v) is 8.25. The number of hydrogen-bond donors (Lipinski definition) is 6. The fourth-order valence-corrected chi connectivity index (χ4v) is 2.21. The summed E-state index contributed by atoms with van der Waals surface area (Å²) in [5, 5.41) is 21.6. The molecule has 1 heterocycles. The zero-order chi connectivity index (χ0) is 16.9. The highest BCUT2D eigenvalue weighted by atomic mass is 32.1. The maximum atomic E-state index is 10.9. The summed E-state index contributed by atoms with van der Waals surface area (Å²) in [6.45, 7) is 1.02. The molecule has 1 aromatic heterocycles. The van der Waals surface area contributed by atoms with Crippen molar-refractivity contribution >= 4 is 26.4 Å². The van der Waals surface area contributed by atoms with E-state index in [4.69, 9.17) is 14.9 Å². The molecule has 0 saturated heterocycles. The van der Waals surface area contributed by atoms with Gasteiger partial charge in [-0.3, -0.25) is 19.6 Å². The molecule has 0 aliphatic heterocycles. The third kappa shape index (κ3) is 5.56. The molecule has 5 N–H and O–H groups in total. The number of phosphoric acid groups is 1. The van der Waals surface area contributed by atoms with Crippen LogP contribution in [-0.4, -0.2) is 42.7 Å². The summed E-state index contributed by atoms with van der Waals surface area (Å²) in [5.41, 5.74) is 0.797. The average molecular weight is 352 g/mol. The van der Waals surface area contributed by atoms with Crippen LogP contribution in [0.25, 0.3) is 0 Å². The van der Waals surface area contributed by atoms with Crippen molar-refractivity contribution in [1.29, 1.82) is 0 Å². The van der Waals surface area contributed by atoms with E-state index < -0.39 is 26.4 Å². The molecule has 1 atom stereocenters. The molecule has 1 rings (SSSR count). The number of thiol groups is 1. The van der Waals surface area contributed by atoms with Gasteiger partial charge in [0.15, 0.2) is 0 Å². The van der Waals surface area contributed by atoms with Crippen molar-refractivity contribution in [2.45, 2.75) is 26.1 Å². The van der Waals surface area contributed by atoms with Crippen LogP contribution in [0, 0.1) is 6.92 Å². The molecule has 0 aliphatic carbocycles. The molecule has 0 radical (unpaired) electrons. The molecular formula is C11H17N2O7PS. The van der Waals surface area contributed by atoms with Crippen molar-refractivity contribution in [2.75, 3.05) is 5.75 Å². The number of aromatic hydroxyl groups is 1. The Kier molecular flexibility index (Phi) is 6.79. The van der Waals surface area contributed by atoms with Gasteiger partial charge in [0.05, 0.1) is 12.3 Å². The van der Waals surface area contributed by atoms with Crippen LogP contribution in [-0.2, 0) is 27.0 Å². The monoisotopic (exact) mass is 352 g/mol. The zero-order valence-electron chi connectivity index (χ0n) is 11.6. The maximum Gasteiger partial charge on any atom is 0.469 e. The second-order valence-corrected chi connectivity index (χ2v) is 6.02. The standard InChI is InChI=1S/C11H17N2O7PS/c1-6-10(14)8(3-13-9(5-22)11(15)16)7(2-12-6)4-20-21(17,18)19/h2,9,13-14,22H,3-5H2,1H3,(H,15,16)(H2,17,18,19). The van der Waals surface area contributed by atoms with Gasteiger partial charge in [0.2, 0.25) is 0 Å². The van der Waals surface area contributed by atoms with E-state index in [1.54, 1.807) is 6.92 Å². The molecule has 11 heteroatoms. The number of nitrogens with one attached hydrogen (secondary N) is 1. The fourth-order valence-electron chi connectivity index (χ4n) is 1.61. The van der Waals surface area contributed by atoms with Crippen molar-refractivity contribution in [1.82, 2.24) is 10.3 Å². The number of aryl methyl sites for hydroxylation is 1. The molecule has 9 nitrogen and oxygen atoms in total. The van der Waals surface area contributed by atoms with Gasteiger partial charge in [-0.1, -0.05) is 0 Å². The van der Waals surface area contributed by atoms with Crippen LogP contribution in [0.5, 0.6) is 5.75 Å². The number of nitrogens with zero attached hydrogens (tertiary/aromatic N) is 1. The SMILES string of the molecule is Cc1ncc(COP(=O)(O)O)c(CNC(CS)C(=O)O)c1O. The normalized spacial score (nSPS) is 13.1. The van der Waals surface area contributed by atoms with Gasteiger partial charge in [-0.15, -0.1) is 0 Å². The highest BCUT2D eigenvalue weighted by Gasteiger charge is 2.20. The van der Waals surface area contributed by atoms with Crippen LogP contribution in [0.4, 0.5) is 0 Å². The average Bonchev–Trinajstić information content (AvgIpc) is 2.41. The van der Waals surface area contributed by atoms with Crippen molar-refractivity contribution in [2.24, 2.45) is 0 Å². The van der Waals surface area contributed by atoms with Gasteiger partial charge < -0.3 is 20.0 Å². The van der Waals surface area contributed by atoms with Crippen LogP contribution in [0.3, 0.4) is 0 Å². The van der Waals surface area contributed by atoms with E-state index in [1.807, 2.05) is 0 Å². The predicted molar refractivity (Wildman–Crippen MR) is 79.6 cm³/mol. The molecule has 0 aliphatic rings. The highest BCUT2D eigenvalue weighted by molar-refractivity contribution is 7.80. The molecule has 0 bridgehead atoms. The molecule has 0 spiro atoms. The first-order chi connectivity index (χ1) is 10.2. The Bertz CT molecular complexity index is 592. The quantitative estimate of drug-likeness (QED) is 0.284. The molecule has 124 valence electrons. The Labute approximate surface area is 132 Å². The first-order valence-electron chi connectivity index (χ1n) is 6.09. The summed E-state index contributed by atoms with van der Waals surface area (Å²) >= 11 is 3.91. The van der Waals surface area contributed by atoms with Crippen LogP contribution in [0.15, 0.2) is 6.20 Å². The lowest BCUT2D eigenvalue weighted by Crippen LogP contribution is -2.38. The van der Waals surface area contributed by atoms with Crippen molar-refractivity contribution in [3.05, 3.63) is 23.0 Å². The molecule has 22 heavy (non-hydrogen) atoms. The highest BCUT2D eigenvalue weighted by Crippen LogP contribution is 2.38. The Balaban J connectivity index is 2.97. The Morgan fingerprint density at radius 2 is 2.18 bits per heavy atom. The van der Waals surface area contributed by atoms with Gasteiger partial charge in [0, 0.05) is 29.6 Å². The van der Waals surface area contributed by atoms with Gasteiger partial charge >= 0.3 is 13.8 Å². The summed E-state index contributed by atoms with van der Waals surface area (Å²) in [6.07, 6.45) is 1.30. The number of phosphoric ester groups is 1. The van der Waals surface area contributed by atoms with Gasteiger partial charge in [-0.25, -0.2) is 4.57 Å². The molecule has 0 aromatic carbocycles. The number of hydrogen-bond acceptors (Lipinski definition) is 7. The van der Waals surface area contributed by atoms with Gasteiger partial charge in [0.1, 0.15) is 11.8 Å². The zero-order valence-corrected chi connectivity index (χ0v) is 13.4. The molecule has 0 fully saturated rings. The van der Waals surface area contributed by atoms with Gasteiger partial charge in [-0.2, -0.15) is 12.6 Å². The molecule has 1 unspecified atom stereocenters. The molecular weight excluding hydrogens is 335 g/mol. The fraction of sp³-hybridized carbons (Fsp3) is 0.455. The smallest absolute Gasteiger partial charge is 0.469 e. The third-order valence-electron chi connectivity index (χ3n) is 2.82. The van der Waals surface area contributed by atoms with Crippen LogP contribution < -0.4 is 5.32 Å². The van der Waals surface area contributed by atoms with Crippen molar-refractivity contribution in [3.8, 4) is 5.75 Å². The lowest BCUT2D eigenvalue weighted by atomic mass is 10.1. The largest absolute Gasteiger partial charge is 0.506 e.